The van der Waals surface area contributed by atoms with Crippen LogP contribution in [0.3, 0.4) is 0 Å². The van der Waals surface area contributed by atoms with Gasteiger partial charge in [0.25, 0.3) is 0 Å². The van der Waals surface area contributed by atoms with E-state index in [1.54, 1.807) is 7.11 Å². The Hall–Kier alpha value is -3.06. The maximum Gasteiger partial charge on any atom is 0.373 e. The summed E-state index contributed by atoms with van der Waals surface area (Å²) in [5, 5.41) is 0. The molecule has 0 saturated heterocycles. The van der Waals surface area contributed by atoms with Crippen molar-refractivity contribution in [3.8, 4) is 17.6 Å². The normalized spacial score (nSPS) is 25.1. The molecule has 1 aliphatic heterocycles. The lowest BCUT2D eigenvalue weighted by Gasteiger charge is -2.45. The van der Waals surface area contributed by atoms with Crippen LogP contribution in [-0.4, -0.2) is 39.1 Å². The van der Waals surface area contributed by atoms with Crippen LogP contribution >= 0.6 is 0 Å². The van der Waals surface area contributed by atoms with Gasteiger partial charge in [-0.05, 0) is 75.1 Å². The number of nitrogens with zero attached hydrogens (tertiary/aromatic N) is 1. The molecule has 0 unspecified atom stereocenters. The Morgan fingerprint density at radius 1 is 1.20 bits per heavy atom. The molecular weight excluding hydrogens is 438 g/mol. The van der Waals surface area contributed by atoms with Crippen molar-refractivity contribution < 1.29 is 19.1 Å². The first kappa shape index (κ1) is 25.0. The first-order chi connectivity index (χ1) is 17.0. The Bertz CT molecular complexity index is 1130. The Balaban J connectivity index is 0.000000917. The van der Waals surface area contributed by atoms with Gasteiger partial charge in [-0.15, -0.1) is 5.92 Å². The van der Waals surface area contributed by atoms with E-state index < -0.39 is 0 Å². The van der Waals surface area contributed by atoms with E-state index >= 15 is 0 Å². The number of para-hydroxylation sites is 2. The minimum Gasteiger partial charge on any atom is -0.490 e. The molecule has 4 atom stereocenters. The van der Waals surface area contributed by atoms with Crippen LogP contribution in [0.4, 0.5) is 5.69 Å². The number of anilines is 1. The first-order valence-electron chi connectivity index (χ1n) is 12.6. The van der Waals surface area contributed by atoms with E-state index in [0.717, 1.165) is 25.4 Å². The molecule has 0 amide bonds. The molecule has 0 aromatic heterocycles. The third kappa shape index (κ3) is 5.15. The van der Waals surface area contributed by atoms with Crippen molar-refractivity contribution in [2.45, 2.75) is 57.5 Å². The maximum atomic E-state index is 8.12. The van der Waals surface area contributed by atoms with Crippen LogP contribution in [0.2, 0.25) is 0 Å². The van der Waals surface area contributed by atoms with Gasteiger partial charge in [-0.25, -0.2) is 0 Å². The van der Waals surface area contributed by atoms with Crippen LogP contribution < -0.4 is 9.64 Å². The van der Waals surface area contributed by atoms with Gasteiger partial charge in [-0.3, -0.25) is 0 Å². The molecule has 1 heterocycles. The fourth-order valence-electron chi connectivity index (χ4n) is 6.21. The van der Waals surface area contributed by atoms with Crippen molar-refractivity contribution in [2.75, 3.05) is 31.7 Å². The lowest BCUT2D eigenvalue weighted by Crippen LogP contribution is -2.49. The minimum absolute atomic E-state index is 0.0451. The zero-order valence-corrected chi connectivity index (χ0v) is 21.0. The molecule has 1 saturated carbocycles. The number of hydrogen-bond donors (Lipinski definition) is 0. The van der Waals surface area contributed by atoms with Crippen LogP contribution in [0.15, 0.2) is 42.5 Å². The Morgan fingerprint density at radius 2 is 2.00 bits per heavy atom. The number of carbonyl (C=O) groups excluding carboxylic acids is 2. The molecule has 1 spiro atoms. The fraction of sp³-hybridized carbons (Fsp3) is 0.500. The van der Waals surface area contributed by atoms with Crippen molar-refractivity contribution in [3.05, 3.63) is 59.2 Å². The third-order valence-electron chi connectivity index (χ3n) is 8.00. The fourth-order valence-corrected chi connectivity index (χ4v) is 6.21. The molecule has 5 rings (SSSR count). The van der Waals surface area contributed by atoms with Gasteiger partial charge in [0.2, 0.25) is 0 Å². The summed E-state index contributed by atoms with van der Waals surface area (Å²) in [4.78, 5) is 18.9. The number of aryl methyl sites for hydroxylation is 2. The molecule has 35 heavy (non-hydrogen) atoms. The van der Waals surface area contributed by atoms with E-state index in [4.69, 9.17) is 19.1 Å². The van der Waals surface area contributed by atoms with Crippen molar-refractivity contribution in [1.29, 1.82) is 0 Å². The maximum absolute atomic E-state index is 8.12. The second-order valence-electron chi connectivity index (χ2n) is 10.1. The van der Waals surface area contributed by atoms with Crippen LogP contribution in [0.1, 0.15) is 49.3 Å². The molecule has 184 valence electrons. The van der Waals surface area contributed by atoms with Gasteiger partial charge in [0.05, 0.1) is 12.3 Å². The van der Waals surface area contributed by atoms with Crippen molar-refractivity contribution in [1.82, 2.24) is 0 Å². The van der Waals surface area contributed by atoms with Gasteiger partial charge in [-0.2, -0.15) is 9.59 Å². The largest absolute Gasteiger partial charge is 0.490 e. The van der Waals surface area contributed by atoms with Gasteiger partial charge in [0, 0.05) is 31.5 Å². The van der Waals surface area contributed by atoms with Gasteiger partial charge in [-0.1, -0.05) is 41.8 Å². The van der Waals surface area contributed by atoms with E-state index in [1.807, 2.05) is 6.92 Å². The number of fused-ring (bicyclic) bond motifs is 3. The summed E-state index contributed by atoms with van der Waals surface area (Å²) in [6, 6.07) is 15.7. The second kappa shape index (κ2) is 11.1. The second-order valence-corrected chi connectivity index (χ2v) is 10.1. The smallest absolute Gasteiger partial charge is 0.373 e. The summed E-state index contributed by atoms with van der Waals surface area (Å²) in [6.45, 7) is 6.93. The molecule has 0 bridgehead atoms. The van der Waals surface area contributed by atoms with Gasteiger partial charge >= 0.3 is 6.15 Å². The molecule has 5 nitrogen and oxygen atoms in total. The highest BCUT2D eigenvalue weighted by Gasteiger charge is 2.44. The van der Waals surface area contributed by atoms with Crippen molar-refractivity contribution in [3.63, 3.8) is 0 Å². The lowest BCUT2D eigenvalue weighted by molar-refractivity contribution is -0.191. The summed E-state index contributed by atoms with van der Waals surface area (Å²) >= 11 is 0. The Labute approximate surface area is 208 Å². The monoisotopic (exact) mass is 473 g/mol. The zero-order valence-electron chi connectivity index (χ0n) is 21.0. The molecule has 2 aromatic rings. The van der Waals surface area contributed by atoms with E-state index in [0.29, 0.717) is 11.8 Å². The van der Waals surface area contributed by atoms with E-state index in [1.165, 1.54) is 54.5 Å². The third-order valence-corrected chi connectivity index (χ3v) is 8.00. The van der Waals surface area contributed by atoms with Crippen LogP contribution in [-0.2, 0) is 26.2 Å². The highest BCUT2D eigenvalue weighted by molar-refractivity contribution is 5.60. The summed E-state index contributed by atoms with van der Waals surface area (Å²) < 4.78 is 12.3. The minimum atomic E-state index is 0.0451. The molecule has 2 aliphatic carbocycles. The summed E-state index contributed by atoms with van der Waals surface area (Å²) in [5.41, 5.74) is 5.66. The predicted molar refractivity (Wildman–Crippen MR) is 135 cm³/mol. The number of rotatable bonds is 4. The van der Waals surface area contributed by atoms with Crippen molar-refractivity contribution >= 4 is 11.8 Å². The standard InChI is InChI=1S/C29H35NO2.CO2/c1-4-8-27(31-3)24-14-13-23(24)18-30-19-29(20-32-28-11-6-5-10-26(28)30)16-7-9-22-17-21(2)12-15-25(22)29;2-1-3/h5-6,10-12,15,17,23-24,27H,7,9,13-14,16,18-20H2,1-3H3;/t23-,24+,27-,29-;/m0./s1. The van der Waals surface area contributed by atoms with Crippen LogP contribution in [0.25, 0.3) is 0 Å². The van der Waals surface area contributed by atoms with E-state index in [-0.39, 0.29) is 17.7 Å². The molecule has 3 aliphatic rings. The van der Waals surface area contributed by atoms with Crippen molar-refractivity contribution in [2.24, 2.45) is 11.8 Å². The molecule has 1 fully saturated rings. The number of methoxy groups -OCH3 is 1. The first-order valence-corrected chi connectivity index (χ1v) is 12.6. The predicted octanol–water partition coefficient (Wildman–Crippen LogP) is 4.95. The molecule has 0 radical (unpaired) electrons. The molecule has 0 N–H and O–H groups in total. The SMILES string of the molecule is CC#C[C@H](OC)[C@@H]1CC[C@H]1CN1C[C@@]2(CCCc3cc(C)ccc32)COc2ccccc21.O=C=O. The Morgan fingerprint density at radius 3 is 2.71 bits per heavy atom. The van der Waals surface area contributed by atoms with E-state index in [9.17, 15) is 0 Å². The molecule has 5 heteroatoms. The lowest BCUT2D eigenvalue weighted by atomic mass is 9.68. The van der Waals surface area contributed by atoms with E-state index in [2.05, 4.69) is 66.1 Å². The van der Waals surface area contributed by atoms with Gasteiger partial charge in [0.15, 0.2) is 0 Å². The average Bonchev–Trinajstić information content (AvgIpc) is 2.99. The highest BCUT2D eigenvalue weighted by Crippen LogP contribution is 2.46. The van der Waals surface area contributed by atoms with Crippen LogP contribution in [0.5, 0.6) is 5.75 Å². The molecule has 2 aromatic carbocycles. The highest BCUT2D eigenvalue weighted by atomic mass is 16.5. The average molecular weight is 474 g/mol. The van der Waals surface area contributed by atoms with Crippen LogP contribution in [0, 0.1) is 30.6 Å². The topological polar surface area (TPSA) is 55.8 Å². The van der Waals surface area contributed by atoms with Gasteiger partial charge < -0.3 is 14.4 Å². The Kier molecular flexibility index (Phi) is 7.96. The zero-order chi connectivity index (χ0) is 24.8. The number of hydrogen-bond acceptors (Lipinski definition) is 5. The van der Waals surface area contributed by atoms with Gasteiger partial charge in [0.1, 0.15) is 11.9 Å². The summed E-state index contributed by atoms with van der Waals surface area (Å²) in [5.74, 6) is 8.50. The number of ether oxygens (including phenoxy) is 2. The number of benzene rings is 2. The molecular formula is C30H35NO4. The quantitative estimate of drug-likeness (QED) is 0.588. The summed E-state index contributed by atoms with van der Waals surface area (Å²) in [6.07, 6.45) is 6.35. The summed E-state index contributed by atoms with van der Waals surface area (Å²) in [7, 11) is 1.80.